The third-order valence-corrected chi connectivity index (χ3v) is 5.27. The van der Waals surface area contributed by atoms with E-state index in [4.69, 9.17) is 28.4 Å². The quantitative estimate of drug-likeness (QED) is 0.372. The van der Waals surface area contributed by atoms with Crippen LogP contribution in [-0.2, 0) is 28.5 Å². The molecular weight excluding hydrogens is 448 g/mol. The van der Waals surface area contributed by atoms with Crippen molar-refractivity contribution in [3.05, 3.63) is 59.7 Å². The van der Waals surface area contributed by atoms with Crippen LogP contribution >= 0.6 is 0 Å². The van der Waals surface area contributed by atoms with Crippen molar-refractivity contribution in [2.24, 2.45) is 0 Å². The number of hydrogen-bond donors (Lipinski definition) is 0. The Morgan fingerprint density at radius 1 is 0.706 bits per heavy atom. The van der Waals surface area contributed by atoms with Crippen LogP contribution in [-0.4, -0.2) is 75.4 Å². The van der Waals surface area contributed by atoms with Gasteiger partial charge in [0.25, 0.3) is 0 Å². The van der Waals surface area contributed by atoms with Gasteiger partial charge in [-0.2, -0.15) is 0 Å². The average Bonchev–Trinajstić information content (AvgIpc) is 3.45. The van der Waals surface area contributed by atoms with E-state index in [0.717, 1.165) is 0 Å². The molecule has 2 aliphatic heterocycles. The Hall–Kier alpha value is -3.76. The molecule has 2 heterocycles. The molecule has 0 N–H and O–H groups in total. The molecule has 0 spiro atoms. The highest BCUT2D eigenvalue weighted by atomic mass is 16.7. The van der Waals surface area contributed by atoms with E-state index in [-0.39, 0.29) is 26.4 Å². The summed E-state index contributed by atoms with van der Waals surface area (Å²) < 4.78 is 32.9. The fraction of sp³-hybridized carbons (Fsp3) is 0.333. The Balaban J connectivity index is 1.20. The minimum Gasteiger partial charge on any atom is -0.482 e. The van der Waals surface area contributed by atoms with Gasteiger partial charge in [0.1, 0.15) is 36.3 Å². The van der Waals surface area contributed by atoms with Crippen LogP contribution in [0.3, 0.4) is 0 Å². The molecule has 2 aromatic rings. The van der Waals surface area contributed by atoms with E-state index in [0.29, 0.717) is 35.2 Å². The topological polar surface area (TPSA) is 124 Å². The summed E-state index contributed by atoms with van der Waals surface area (Å²) in [6.07, 6.45) is -1.02. The van der Waals surface area contributed by atoms with E-state index in [9.17, 15) is 19.2 Å². The van der Waals surface area contributed by atoms with E-state index >= 15 is 0 Å². The summed E-state index contributed by atoms with van der Waals surface area (Å²) in [5, 5.41) is 0. The molecule has 178 valence electrons. The number of esters is 2. The number of benzene rings is 2. The van der Waals surface area contributed by atoms with Crippen LogP contribution in [0.15, 0.2) is 48.5 Å². The first-order valence-electron chi connectivity index (χ1n) is 10.5. The molecule has 0 radical (unpaired) electrons. The number of carbonyl (C=O) groups is 4. The van der Waals surface area contributed by atoms with Gasteiger partial charge in [0.05, 0.1) is 13.2 Å². The van der Waals surface area contributed by atoms with Gasteiger partial charge in [-0.25, -0.2) is 9.59 Å². The highest BCUT2D eigenvalue weighted by Gasteiger charge is 2.51. The van der Waals surface area contributed by atoms with Crippen molar-refractivity contribution in [2.45, 2.75) is 24.4 Å². The summed E-state index contributed by atoms with van der Waals surface area (Å²) in [5.74, 6) is -0.360. The number of rotatable bonds is 10. The minimum absolute atomic E-state index is 0.0999. The van der Waals surface area contributed by atoms with Crippen LogP contribution in [0, 0.1) is 0 Å². The molecule has 0 bridgehead atoms. The third-order valence-electron chi connectivity index (χ3n) is 5.27. The van der Waals surface area contributed by atoms with E-state index in [1.165, 1.54) is 0 Å². The maximum atomic E-state index is 12.2. The number of ether oxygens (including phenoxy) is 6. The van der Waals surface area contributed by atoms with Gasteiger partial charge in [-0.1, -0.05) is 0 Å². The van der Waals surface area contributed by atoms with Crippen molar-refractivity contribution < 1.29 is 47.6 Å². The lowest BCUT2D eigenvalue weighted by Gasteiger charge is -2.17. The van der Waals surface area contributed by atoms with Gasteiger partial charge in [-0.15, -0.1) is 0 Å². The SMILES string of the molecule is O=Cc1ccc(OCC(=O)O[C@H]2COC3C2OC[C@H]3OC(=O)COc2ccc(C=O)cc2)cc1. The molecule has 10 nitrogen and oxygen atoms in total. The van der Waals surface area contributed by atoms with Gasteiger partial charge in [-0.05, 0) is 48.5 Å². The monoisotopic (exact) mass is 470 g/mol. The van der Waals surface area contributed by atoms with Crippen LogP contribution in [0.4, 0.5) is 0 Å². The fourth-order valence-electron chi connectivity index (χ4n) is 3.61. The van der Waals surface area contributed by atoms with Gasteiger partial charge in [0.15, 0.2) is 25.4 Å². The molecule has 2 saturated heterocycles. The second-order valence-corrected chi connectivity index (χ2v) is 7.60. The fourth-order valence-corrected chi connectivity index (χ4v) is 3.61. The van der Waals surface area contributed by atoms with E-state index < -0.39 is 36.4 Å². The Morgan fingerprint density at radius 3 is 1.44 bits per heavy atom. The van der Waals surface area contributed by atoms with Gasteiger partial charge >= 0.3 is 11.9 Å². The van der Waals surface area contributed by atoms with Crippen LogP contribution < -0.4 is 9.47 Å². The van der Waals surface area contributed by atoms with Crippen LogP contribution in [0.25, 0.3) is 0 Å². The predicted octanol–water partition coefficient (Wildman–Crippen LogP) is 1.39. The lowest BCUT2D eigenvalue weighted by atomic mass is 10.1. The molecule has 4 rings (SSSR count). The first-order valence-corrected chi connectivity index (χ1v) is 10.5. The zero-order valence-corrected chi connectivity index (χ0v) is 18.0. The highest BCUT2D eigenvalue weighted by molar-refractivity contribution is 5.75. The molecule has 34 heavy (non-hydrogen) atoms. The molecule has 2 fully saturated rings. The second-order valence-electron chi connectivity index (χ2n) is 7.60. The average molecular weight is 470 g/mol. The minimum atomic E-state index is -0.658. The lowest BCUT2D eigenvalue weighted by molar-refractivity contribution is -0.157. The van der Waals surface area contributed by atoms with E-state index in [2.05, 4.69) is 0 Å². The summed E-state index contributed by atoms with van der Waals surface area (Å²) in [6, 6.07) is 12.6. The molecular formula is C24H22O10. The summed E-state index contributed by atoms with van der Waals surface area (Å²) in [5.41, 5.74) is 0.995. The molecule has 0 saturated carbocycles. The standard InChI is InChI=1S/C24H22O10/c25-9-15-1-5-17(6-2-15)29-13-21(27)33-19-11-31-24-20(12-32-23(19)24)34-22(28)14-30-18-7-3-16(10-26)4-8-18/h1-10,19-20,23-24H,11-14H2/t19-,20+,23?,24?. The number of fused-ring (bicyclic) bond motifs is 1. The number of aldehydes is 2. The lowest BCUT2D eigenvalue weighted by Crippen LogP contribution is -2.37. The zero-order valence-electron chi connectivity index (χ0n) is 18.0. The summed E-state index contributed by atoms with van der Waals surface area (Å²) in [6.45, 7) is -0.443. The zero-order chi connectivity index (χ0) is 23.9. The van der Waals surface area contributed by atoms with E-state index in [1.807, 2.05) is 0 Å². The van der Waals surface area contributed by atoms with Crippen LogP contribution in [0.1, 0.15) is 20.7 Å². The smallest absolute Gasteiger partial charge is 0.344 e. The molecule has 2 aliphatic rings. The van der Waals surface area contributed by atoms with Gasteiger partial charge in [0.2, 0.25) is 0 Å². The van der Waals surface area contributed by atoms with Crippen molar-refractivity contribution in [1.29, 1.82) is 0 Å². The maximum absolute atomic E-state index is 12.2. The number of hydrogen-bond acceptors (Lipinski definition) is 10. The molecule has 0 amide bonds. The van der Waals surface area contributed by atoms with Gasteiger partial charge in [-0.3, -0.25) is 9.59 Å². The summed E-state index contributed by atoms with van der Waals surface area (Å²) in [7, 11) is 0. The van der Waals surface area contributed by atoms with Gasteiger partial charge in [0, 0.05) is 11.1 Å². The van der Waals surface area contributed by atoms with Crippen molar-refractivity contribution in [1.82, 2.24) is 0 Å². The molecule has 0 aromatic heterocycles. The second kappa shape index (κ2) is 10.9. The van der Waals surface area contributed by atoms with Crippen molar-refractivity contribution in [3.63, 3.8) is 0 Å². The largest absolute Gasteiger partial charge is 0.482 e. The molecule has 10 heteroatoms. The van der Waals surface area contributed by atoms with Crippen LogP contribution in [0.5, 0.6) is 11.5 Å². The Kier molecular flexibility index (Phi) is 7.51. The Bertz CT molecular complexity index is 934. The molecule has 4 atom stereocenters. The normalized spacial score (nSPS) is 22.9. The van der Waals surface area contributed by atoms with E-state index in [1.54, 1.807) is 48.5 Å². The first kappa shape index (κ1) is 23.4. The highest BCUT2D eigenvalue weighted by Crippen LogP contribution is 2.30. The summed E-state index contributed by atoms with van der Waals surface area (Å²) >= 11 is 0. The van der Waals surface area contributed by atoms with Crippen LogP contribution in [0.2, 0.25) is 0 Å². The van der Waals surface area contributed by atoms with Crippen molar-refractivity contribution in [3.8, 4) is 11.5 Å². The molecule has 0 aliphatic carbocycles. The first-order chi connectivity index (χ1) is 16.6. The Morgan fingerprint density at radius 2 is 1.09 bits per heavy atom. The third kappa shape index (κ3) is 5.77. The summed E-state index contributed by atoms with van der Waals surface area (Å²) in [4.78, 5) is 45.7. The number of carbonyl (C=O) groups excluding carboxylic acids is 4. The molecule has 2 aromatic carbocycles. The van der Waals surface area contributed by atoms with Gasteiger partial charge < -0.3 is 28.4 Å². The Labute approximate surface area is 194 Å². The predicted molar refractivity (Wildman–Crippen MR) is 114 cm³/mol. The molecule has 2 unspecified atom stereocenters. The van der Waals surface area contributed by atoms with Crippen molar-refractivity contribution in [2.75, 3.05) is 26.4 Å². The van der Waals surface area contributed by atoms with Crippen molar-refractivity contribution >= 4 is 24.5 Å². The maximum Gasteiger partial charge on any atom is 0.344 e.